The van der Waals surface area contributed by atoms with Crippen molar-refractivity contribution in [2.24, 2.45) is 0 Å². The normalized spacial score (nSPS) is 13.9. The number of rotatable bonds is 7. The molecule has 0 aliphatic carbocycles. The summed E-state index contributed by atoms with van der Waals surface area (Å²) in [5.74, 6) is -0.935. The summed E-state index contributed by atoms with van der Waals surface area (Å²) in [6.45, 7) is 5.37. The molecule has 1 atom stereocenters. The van der Waals surface area contributed by atoms with Crippen molar-refractivity contribution in [3.63, 3.8) is 0 Å². The van der Waals surface area contributed by atoms with Crippen LogP contribution in [0.25, 0.3) is 0 Å². The van der Waals surface area contributed by atoms with Gasteiger partial charge in [-0.3, -0.25) is 0 Å². The van der Waals surface area contributed by atoms with Crippen LogP contribution in [0.1, 0.15) is 18.9 Å². The van der Waals surface area contributed by atoms with Crippen molar-refractivity contribution < 1.29 is 14.6 Å². The van der Waals surface area contributed by atoms with Gasteiger partial charge in [0.2, 0.25) is 0 Å². The summed E-state index contributed by atoms with van der Waals surface area (Å²) in [5, 5.41) is 9.18. The first-order valence-corrected chi connectivity index (χ1v) is 5.60. The number of carboxylic acid groups (broad SMARTS) is 1. The van der Waals surface area contributed by atoms with Crippen molar-refractivity contribution in [2.75, 3.05) is 6.61 Å². The number of carbonyl (C=O) groups is 1. The van der Waals surface area contributed by atoms with Gasteiger partial charge in [0.05, 0.1) is 6.61 Å². The van der Waals surface area contributed by atoms with Crippen LogP contribution in [0.2, 0.25) is 0 Å². The molecule has 0 heterocycles. The Morgan fingerprint density at radius 1 is 1.47 bits per heavy atom. The molecule has 1 unspecified atom stereocenters. The summed E-state index contributed by atoms with van der Waals surface area (Å²) >= 11 is 0. The van der Waals surface area contributed by atoms with Crippen molar-refractivity contribution in [3.05, 3.63) is 48.6 Å². The summed E-state index contributed by atoms with van der Waals surface area (Å²) in [7, 11) is 0. The molecule has 17 heavy (non-hydrogen) atoms. The topological polar surface area (TPSA) is 46.5 Å². The van der Waals surface area contributed by atoms with Crippen LogP contribution in [0.5, 0.6) is 0 Å². The van der Waals surface area contributed by atoms with E-state index in [-0.39, 0.29) is 6.61 Å². The molecule has 3 nitrogen and oxygen atoms in total. The van der Waals surface area contributed by atoms with E-state index in [1.54, 1.807) is 13.0 Å². The van der Waals surface area contributed by atoms with Crippen LogP contribution >= 0.6 is 0 Å². The first-order valence-electron chi connectivity index (χ1n) is 5.60. The Bertz CT molecular complexity index is 372. The fourth-order valence-corrected chi connectivity index (χ4v) is 1.51. The molecule has 0 bridgehead atoms. The van der Waals surface area contributed by atoms with Gasteiger partial charge in [0, 0.05) is 0 Å². The number of benzene rings is 1. The molecular formula is C14H18O3. The summed E-state index contributed by atoms with van der Waals surface area (Å²) in [6, 6.07) is 9.79. The van der Waals surface area contributed by atoms with Gasteiger partial charge in [0.1, 0.15) is 0 Å². The molecule has 1 aromatic rings. The number of hydrogen-bond donors (Lipinski definition) is 1. The van der Waals surface area contributed by atoms with Crippen LogP contribution in [0.15, 0.2) is 43.0 Å². The van der Waals surface area contributed by atoms with E-state index < -0.39 is 11.6 Å². The molecule has 0 aromatic heterocycles. The Morgan fingerprint density at radius 2 is 2.12 bits per heavy atom. The molecule has 0 radical (unpaired) electrons. The van der Waals surface area contributed by atoms with Crippen LogP contribution in [0.4, 0.5) is 0 Å². The minimum atomic E-state index is -1.15. The van der Waals surface area contributed by atoms with Gasteiger partial charge in [0.15, 0.2) is 5.60 Å². The summed E-state index contributed by atoms with van der Waals surface area (Å²) < 4.78 is 5.34. The Labute approximate surface area is 102 Å². The minimum Gasteiger partial charge on any atom is -0.479 e. The highest BCUT2D eigenvalue weighted by Crippen LogP contribution is 2.19. The fraction of sp³-hybridized carbons (Fsp3) is 0.357. The first kappa shape index (κ1) is 13.5. The Hall–Kier alpha value is -1.61. The maximum absolute atomic E-state index is 11.2. The lowest BCUT2D eigenvalue weighted by molar-refractivity contribution is -0.162. The number of aliphatic carboxylic acids is 1. The van der Waals surface area contributed by atoms with E-state index in [9.17, 15) is 9.90 Å². The number of aryl methyl sites for hydroxylation is 1. The second kappa shape index (κ2) is 6.21. The molecule has 92 valence electrons. The number of hydrogen-bond acceptors (Lipinski definition) is 2. The molecule has 1 rings (SSSR count). The van der Waals surface area contributed by atoms with E-state index in [4.69, 9.17) is 4.74 Å². The van der Waals surface area contributed by atoms with Gasteiger partial charge in [-0.1, -0.05) is 36.4 Å². The minimum absolute atomic E-state index is 0.248. The molecule has 1 N–H and O–H groups in total. The predicted molar refractivity (Wildman–Crippen MR) is 67.0 cm³/mol. The lowest BCUT2D eigenvalue weighted by Crippen LogP contribution is -2.39. The first-order chi connectivity index (χ1) is 8.08. The average molecular weight is 234 g/mol. The van der Waals surface area contributed by atoms with E-state index in [1.165, 1.54) is 0 Å². The van der Waals surface area contributed by atoms with E-state index in [2.05, 4.69) is 6.58 Å². The molecule has 1 aromatic carbocycles. The van der Waals surface area contributed by atoms with Crippen LogP contribution in [0, 0.1) is 0 Å². The summed E-state index contributed by atoms with van der Waals surface area (Å²) in [4.78, 5) is 11.2. The third-order valence-electron chi connectivity index (χ3n) is 2.71. The quantitative estimate of drug-likeness (QED) is 0.738. The van der Waals surface area contributed by atoms with Crippen molar-refractivity contribution in [1.29, 1.82) is 0 Å². The van der Waals surface area contributed by atoms with E-state index in [1.807, 2.05) is 30.3 Å². The van der Waals surface area contributed by atoms with E-state index in [0.29, 0.717) is 12.8 Å². The standard InChI is InChI=1S/C14H18O3/c1-3-11-17-14(2,13(15)16)10-9-12-7-5-4-6-8-12/h3-8H,1,9-11H2,2H3,(H,15,16). The maximum Gasteiger partial charge on any atom is 0.335 e. The van der Waals surface area contributed by atoms with Crippen LogP contribution in [-0.2, 0) is 16.0 Å². The molecule has 0 aliphatic heterocycles. The Kier molecular flexibility index (Phi) is 4.91. The highest BCUT2D eigenvalue weighted by Gasteiger charge is 2.33. The van der Waals surface area contributed by atoms with Gasteiger partial charge >= 0.3 is 5.97 Å². The van der Waals surface area contributed by atoms with Crippen molar-refractivity contribution in [1.82, 2.24) is 0 Å². The highest BCUT2D eigenvalue weighted by atomic mass is 16.5. The average Bonchev–Trinajstić information content (AvgIpc) is 2.35. The largest absolute Gasteiger partial charge is 0.479 e. The summed E-state index contributed by atoms with van der Waals surface area (Å²) in [5.41, 5.74) is -0.0357. The predicted octanol–water partition coefficient (Wildman–Crippen LogP) is 2.67. The monoisotopic (exact) mass is 234 g/mol. The SMILES string of the molecule is C=CCOC(C)(CCc1ccccc1)C(=O)O. The van der Waals surface area contributed by atoms with Gasteiger partial charge in [-0.25, -0.2) is 4.79 Å². The molecule has 0 saturated carbocycles. The number of carboxylic acids is 1. The highest BCUT2D eigenvalue weighted by molar-refractivity contribution is 5.76. The van der Waals surface area contributed by atoms with Crippen molar-refractivity contribution in [2.45, 2.75) is 25.4 Å². The molecule has 0 saturated heterocycles. The smallest absolute Gasteiger partial charge is 0.335 e. The lowest BCUT2D eigenvalue weighted by atomic mass is 9.96. The number of ether oxygens (including phenoxy) is 1. The van der Waals surface area contributed by atoms with Crippen molar-refractivity contribution >= 4 is 5.97 Å². The zero-order valence-electron chi connectivity index (χ0n) is 10.1. The zero-order valence-corrected chi connectivity index (χ0v) is 10.1. The molecule has 0 amide bonds. The Morgan fingerprint density at radius 3 is 2.65 bits per heavy atom. The second-order valence-corrected chi connectivity index (χ2v) is 4.12. The zero-order chi connectivity index (χ0) is 12.7. The van der Waals surface area contributed by atoms with Crippen LogP contribution in [-0.4, -0.2) is 23.3 Å². The molecule has 0 aliphatic rings. The molecular weight excluding hydrogens is 216 g/mol. The Balaban J connectivity index is 2.61. The third kappa shape index (κ3) is 4.04. The van der Waals surface area contributed by atoms with Gasteiger partial charge in [-0.05, 0) is 25.3 Å². The lowest BCUT2D eigenvalue weighted by Gasteiger charge is -2.24. The molecule has 3 heteroatoms. The van der Waals surface area contributed by atoms with Gasteiger partial charge in [-0.2, -0.15) is 0 Å². The molecule has 0 spiro atoms. The van der Waals surface area contributed by atoms with E-state index >= 15 is 0 Å². The van der Waals surface area contributed by atoms with Gasteiger partial charge in [-0.15, -0.1) is 6.58 Å². The third-order valence-corrected chi connectivity index (χ3v) is 2.71. The van der Waals surface area contributed by atoms with Crippen molar-refractivity contribution in [3.8, 4) is 0 Å². The second-order valence-electron chi connectivity index (χ2n) is 4.12. The van der Waals surface area contributed by atoms with Gasteiger partial charge < -0.3 is 9.84 Å². The van der Waals surface area contributed by atoms with Crippen LogP contribution in [0.3, 0.4) is 0 Å². The van der Waals surface area contributed by atoms with Gasteiger partial charge in [0.25, 0.3) is 0 Å². The fourth-order valence-electron chi connectivity index (χ4n) is 1.51. The van der Waals surface area contributed by atoms with E-state index in [0.717, 1.165) is 5.56 Å². The van der Waals surface area contributed by atoms with Crippen LogP contribution < -0.4 is 0 Å². The maximum atomic E-state index is 11.2. The molecule has 0 fully saturated rings. The summed E-state index contributed by atoms with van der Waals surface area (Å²) in [6.07, 6.45) is 2.69.